The predicted molar refractivity (Wildman–Crippen MR) is 137 cm³/mol. The molecule has 7 atom stereocenters. The molecule has 1 N–H and O–H groups in total. The van der Waals surface area contributed by atoms with Crippen LogP contribution in [0.2, 0.25) is 0 Å². The lowest BCUT2D eigenvalue weighted by molar-refractivity contribution is -0.162. The van der Waals surface area contributed by atoms with Crippen molar-refractivity contribution < 1.29 is 29.0 Å². The SMILES string of the molecule is CC[C@H](C)[C@H](CO)N1C(=O)[C@@H]2[C@@H]3C(=O)OCCC/C=C\[C@]3(C)O[C@@]23C=CCN(C2CCCCC2)C(=O)C13. The van der Waals surface area contributed by atoms with Crippen LogP contribution in [-0.4, -0.2) is 81.8 Å². The van der Waals surface area contributed by atoms with Crippen molar-refractivity contribution in [2.24, 2.45) is 17.8 Å². The third-order valence-electron chi connectivity index (χ3n) is 9.58. The zero-order chi connectivity index (χ0) is 26.4. The van der Waals surface area contributed by atoms with Gasteiger partial charge in [-0.2, -0.15) is 0 Å². The molecule has 8 heteroatoms. The number of carbonyl (C=O) groups is 3. The lowest BCUT2D eigenvalue weighted by Gasteiger charge is -2.43. The fourth-order valence-electron chi connectivity index (χ4n) is 7.48. The van der Waals surface area contributed by atoms with Crippen molar-refractivity contribution in [2.45, 2.75) is 101 Å². The number of rotatable bonds is 5. The molecule has 1 spiro atoms. The van der Waals surface area contributed by atoms with Gasteiger partial charge in [-0.3, -0.25) is 14.4 Å². The van der Waals surface area contributed by atoms with E-state index in [1.165, 1.54) is 6.42 Å². The summed E-state index contributed by atoms with van der Waals surface area (Å²) in [4.78, 5) is 46.0. The molecular formula is C29H42N2O6. The van der Waals surface area contributed by atoms with Gasteiger partial charge in [-0.15, -0.1) is 0 Å². The van der Waals surface area contributed by atoms with Crippen LogP contribution in [0.4, 0.5) is 0 Å². The standard InChI is InChI=1S/C29H42N2O6/c1-4-19(2)21(18-32)31-24-26(34)30(20-12-7-5-8-13-20)16-11-15-29(24)22(25(31)33)23-27(35)36-17-10-6-9-14-28(23,3)37-29/h9,11,14-15,19-24,32H,4-8,10,12-13,16-18H2,1-3H3/b14-9-/t19-,21-,22-,23+,24?,28-,29-/m0/s1. The van der Waals surface area contributed by atoms with Crippen LogP contribution in [0.15, 0.2) is 24.3 Å². The topological polar surface area (TPSA) is 96.4 Å². The molecule has 37 heavy (non-hydrogen) atoms. The molecule has 2 amide bonds. The Morgan fingerprint density at radius 2 is 1.81 bits per heavy atom. The second kappa shape index (κ2) is 10.2. The van der Waals surface area contributed by atoms with Crippen molar-refractivity contribution in [3.8, 4) is 0 Å². The van der Waals surface area contributed by atoms with Crippen molar-refractivity contribution in [3.05, 3.63) is 24.3 Å². The summed E-state index contributed by atoms with van der Waals surface area (Å²) in [6, 6.07) is -1.37. The Morgan fingerprint density at radius 1 is 1.05 bits per heavy atom. The number of aliphatic hydroxyl groups is 1. The number of esters is 1. The summed E-state index contributed by atoms with van der Waals surface area (Å²) in [5, 5.41) is 10.5. The number of aliphatic hydroxyl groups excluding tert-OH is 1. The Balaban J connectivity index is 1.65. The van der Waals surface area contributed by atoms with E-state index in [9.17, 15) is 19.5 Å². The van der Waals surface area contributed by atoms with Gasteiger partial charge in [-0.1, -0.05) is 63.8 Å². The average Bonchev–Trinajstić information content (AvgIpc) is 3.24. The van der Waals surface area contributed by atoms with Gasteiger partial charge in [0.2, 0.25) is 11.8 Å². The molecule has 0 aromatic rings. The van der Waals surface area contributed by atoms with Gasteiger partial charge in [0.25, 0.3) is 0 Å². The number of hydrogen-bond acceptors (Lipinski definition) is 6. The number of cyclic esters (lactones) is 1. The number of fused-ring (bicyclic) bond motifs is 2. The number of hydrogen-bond donors (Lipinski definition) is 1. The van der Waals surface area contributed by atoms with E-state index >= 15 is 0 Å². The van der Waals surface area contributed by atoms with Gasteiger partial charge in [0, 0.05) is 12.6 Å². The first-order valence-electron chi connectivity index (χ1n) is 14.2. The predicted octanol–water partition coefficient (Wildman–Crippen LogP) is 2.99. The number of nitrogens with zero attached hydrogens (tertiary/aromatic N) is 2. The Morgan fingerprint density at radius 3 is 2.51 bits per heavy atom. The van der Waals surface area contributed by atoms with Crippen LogP contribution >= 0.6 is 0 Å². The maximum atomic E-state index is 14.5. The van der Waals surface area contributed by atoms with Crippen LogP contribution in [0.3, 0.4) is 0 Å². The maximum absolute atomic E-state index is 14.5. The van der Waals surface area contributed by atoms with Gasteiger partial charge in [-0.25, -0.2) is 0 Å². The molecule has 0 radical (unpaired) electrons. The van der Waals surface area contributed by atoms with Gasteiger partial charge >= 0.3 is 5.97 Å². The summed E-state index contributed by atoms with van der Waals surface area (Å²) in [7, 11) is 0. The fraction of sp³-hybridized carbons (Fsp3) is 0.759. The number of amides is 2. The minimum atomic E-state index is -1.31. The van der Waals surface area contributed by atoms with Crippen LogP contribution in [0.1, 0.15) is 72.1 Å². The summed E-state index contributed by atoms with van der Waals surface area (Å²) in [5.74, 6) is -2.71. The van der Waals surface area contributed by atoms with Crippen molar-refractivity contribution in [1.29, 1.82) is 0 Å². The first-order valence-corrected chi connectivity index (χ1v) is 14.2. The van der Waals surface area contributed by atoms with E-state index < -0.39 is 41.1 Å². The Labute approximate surface area is 220 Å². The Hall–Kier alpha value is -2.19. The maximum Gasteiger partial charge on any atom is 0.313 e. The second-order valence-corrected chi connectivity index (χ2v) is 11.8. The first kappa shape index (κ1) is 26.4. The van der Waals surface area contributed by atoms with Gasteiger partial charge < -0.3 is 24.4 Å². The molecule has 1 saturated carbocycles. The van der Waals surface area contributed by atoms with E-state index in [1.54, 1.807) is 4.90 Å². The number of likely N-dealkylation sites (tertiary alicyclic amines) is 1. The molecule has 1 unspecified atom stereocenters. The van der Waals surface area contributed by atoms with E-state index in [0.29, 0.717) is 13.0 Å². The zero-order valence-electron chi connectivity index (χ0n) is 22.4. The third-order valence-corrected chi connectivity index (χ3v) is 9.58. The molecular weight excluding hydrogens is 472 g/mol. The normalized spacial score (nSPS) is 39.0. The monoisotopic (exact) mass is 514 g/mol. The largest absolute Gasteiger partial charge is 0.465 e. The van der Waals surface area contributed by atoms with Gasteiger partial charge in [0.05, 0.1) is 30.8 Å². The molecule has 0 bridgehead atoms. The molecule has 5 aliphatic rings. The summed E-state index contributed by atoms with van der Waals surface area (Å²) in [6.45, 7) is 6.33. The second-order valence-electron chi connectivity index (χ2n) is 11.8. The zero-order valence-corrected chi connectivity index (χ0v) is 22.4. The summed E-state index contributed by atoms with van der Waals surface area (Å²) < 4.78 is 12.5. The van der Waals surface area contributed by atoms with Gasteiger partial charge in [0.15, 0.2) is 0 Å². The highest BCUT2D eigenvalue weighted by Crippen LogP contribution is 2.58. The Bertz CT molecular complexity index is 973. The molecule has 0 aromatic carbocycles. The van der Waals surface area contributed by atoms with Crippen LogP contribution in [0.25, 0.3) is 0 Å². The van der Waals surface area contributed by atoms with Crippen LogP contribution < -0.4 is 0 Å². The average molecular weight is 515 g/mol. The van der Waals surface area contributed by atoms with E-state index in [2.05, 4.69) is 0 Å². The lowest BCUT2D eigenvalue weighted by atomic mass is 9.74. The lowest BCUT2D eigenvalue weighted by Crippen LogP contribution is -2.61. The van der Waals surface area contributed by atoms with Crippen molar-refractivity contribution in [2.75, 3.05) is 19.8 Å². The highest BCUT2D eigenvalue weighted by Gasteiger charge is 2.75. The summed E-state index contributed by atoms with van der Waals surface area (Å²) in [5.41, 5.74) is -2.39. The van der Waals surface area contributed by atoms with E-state index in [0.717, 1.165) is 38.5 Å². The highest BCUT2D eigenvalue weighted by atomic mass is 16.6. The third kappa shape index (κ3) is 4.15. The molecule has 3 fully saturated rings. The molecule has 4 aliphatic heterocycles. The fourth-order valence-corrected chi connectivity index (χ4v) is 7.48. The molecule has 2 saturated heterocycles. The smallest absolute Gasteiger partial charge is 0.313 e. The van der Waals surface area contributed by atoms with Crippen molar-refractivity contribution >= 4 is 17.8 Å². The minimum absolute atomic E-state index is 0.0354. The van der Waals surface area contributed by atoms with Crippen molar-refractivity contribution in [1.82, 2.24) is 9.80 Å². The first-order chi connectivity index (χ1) is 17.8. The number of carbonyl (C=O) groups excluding carboxylic acids is 3. The molecule has 8 nitrogen and oxygen atoms in total. The van der Waals surface area contributed by atoms with E-state index in [1.807, 2.05) is 50.0 Å². The number of ether oxygens (including phenoxy) is 2. The van der Waals surface area contributed by atoms with Crippen LogP contribution in [0, 0.1) is 17.8 Å². The summed E-state index contributed by atoms with van der Waals surface area (Å²) in [6.07, 6.45) is 15.1. The van der Waals surface area contributed by atoms with Gasteiger partial charge in [-0.05, 0) is 38.5 Å². The van der Waals surface area contributed by atoms with Crippen molar-refractivity contribution in [3.63, 3.8) is 0 Å². The Kier molecular flexibility index (Phi) is 7.26. The van der Waals surface area contributed by atoms with Crippen LogP contribution in [0.5, 0.6) is 0 Å². The number of allylic oxidation sites excluding steroid dienone is 1. The molecule has 1 aliphatic carbocycles. The van der Waals surface area contributed by atoms with Crippen LogP contribution in [-0.2, 0) is 23.9 Å². The molecule has 204 valence electrons. The summed E-state index contributed by atoms with van der Waals surface area (Å²) >= 11 is 0. The minimum Gasteiger partial charge on any atom is -0.465 e. The highest BCUT2D eigenvalue weighted by molar-refractivity contribution is 5.99. The molecule has 5 rings (SSSR count). The van der Waals surface area contributed by atoms with Gasteiger partial charge in [0.1, 0.15) is 17.6 Å². The van der Waals surface area contributed by atoms with E-state index in [-0.39, 0.29) is 37.0 Å². The quantitative estimate of drug-likeness (QED) is 0.448. The van der Waals surface area contributed by atoms with E-state index in [4.69, 9.17) is 9.47 Å². The molecule has 4 heterocycles. The molecule has 0 aromatic heterocycles.